The lowest BCUT2D eigenvalue weighted by Gasteiger charge is -2.47. The second-order valence-electron chi connectivity index (χ2n) is 5.78. The Morgan fingerprint density at radius 2 is 2.05 bits per heavy atom. The molecule has 19 heavy (non-hydrogen) atoms. The lowest BCUT2D eigenvalue weighted by Crippen LogP contribution is -2.60. The van der Waals surface area contributed by atoms with Crippen molar-refractivity contribution in [1.29, 1.82) is 0 Å². The molecule has 1 saturated carbocycles. The van der Waals surface area contributed by atoms with Crippen molar-refractivity contribution in [2.75, 3.05) is 25.1 Å². The van der Waals surface area contributed by atoms with E-state index in [-0.39, 0.29) is 23.5 Å². The highest BCUT2D eigenvalue weighted by molar-refractivity contribution is 5.95. The van der Waals surface area contributed by atoms with Crippen LogP contribution in [0, 0.1) is 0 Å². The summed E-state index contributed by atoms with van der Waals surface area (Å²) in [5, 5.41) is 2.85. The number of carbonyl (C=O) groups is 1. The molecule has 2 fully saturated rings. The Balaban J connectivity index is 1.76. The summed E-state index contributed by atoms with van der Waals surface area (Å²) in [6.45, 7) is 1.41. The minimum atomic E-state index is -0.140. The fourth-order valence-electron chi connectivity index (χ4n) is 3.04. The molecule has 3 aliphatic rings. The monoisotopic (exact) mass is 260 g/mol. The van der Waals surface area contributed by atoms with Crippen molar-refractivity contribution in [2.24, 2.45) is 5.73 Å². The Morgan fingerprint density at radius 3 is 2.68 bits per heavy atom. The smallest absolute Gasteiger partial charge is 0.262 e. The van der Waals surface area contributed by atoms with Crippen molar-refractivity contribution in [1.82, 2.24) is 0 Å². The van der Waals surface area contributed by atoms with Crippen molar-refractivity contribution >= 4 is 11.6 Å². The largest absolute Gasteiger partial charge is 0.482 e. The van der Waals surface area contributed by atoms with Crippen molar-refractivity contribution in [2.45, 2.75) is 23.8 Å². The van der Waals surface area contributed by atoms with Crippen LogP contribution in [-0.2, 0) is 14.9 Å². The fraction of sp³-hybridized carbons (Fsp3) is 0.500. The van der Waals surface area contributed by atoms with Gasteiger partial charge in [0.15, 0.2) is 6.61 Å². The van der Waals surface area contributed by atoms with E-state index in [9.17, 15) is 4.79 Å². The van der Waals surface area contributed by atoms with Crippen molar-refractivity contribution in [3.8, 4) is 5.75 Å². The van der Waals surface area contributed by atoms with Crippen LogP contribution >= 0.6 is 0 Å². The molecule has 4 rings (SSSR count). The summed E-state index contributed by atoms with van der Waals surface area (Å²) in [4.78, 5) is 11.4. The third kappa shape index (κ3) is 1.45. The molecule has 0 radical (unpaired) electrons. The molecule has 0 aromatic heterocycles. The lowest BCUT2D eigenvalue weighted by molar-refractivity contribution is -0.118. The number of fused-ring (bicyclic) bond motifs is 1. The van der Waals surface area contributed by atoms with Gasteiger partial charge in [-0.25, -0.2) is 0 Å². The fourth-order valence-corrected chi connectivity index (χ4v) is 3.04. The second kappa shape index (κ2) is 3.49. The molecule has 1 amide bonds. The number of amides is 1. The Hall–Kier alpha value is -1.59. The lowest BCUT2D eigenvalue weighted by atomic mass is 9.70. The molecule has 5 nitrogen and oxygen atoms in total. The molecule has 1 saturated heterocycles. The predicted molar refractivity (Wildman–Crippen MR) is 69.2 cm³/mol. The molecule has 0 spiro atoms. The standard InChI is InChI=1S/C14H16N2O3/c15-14(3-4-14)13(7-18-8-13)9-1-2-11-10(5-9)16-12(17)6-19-11/h1-2,5H,3-4,6-8,15H2,(H,16,17). The van der Waals surface area contributed by atoms with E-state index in [1.54, 1.807) is 0 Å². The van der Waals surface area contributed by atoms with Crippen LogP contribution in [0.5, 0.6) is 5.75 Å². The minimum Gasteiger partial charge on any atom is -0.482 e. The van der Waals surface area contributed by atoms with Gasteiger partial charge in [-0.3, -0.25) is 4.79 Å². The molecule has 1 aromatic rings. The van der Waals surface area contributed by atoms with Crippen LogP contribution in [-0.4, -0.2) is 31.3 Å². The van der Waals surface area contributed by atoms with Gasteiger partial charge in [-0.15, -0.1) is 0 Å². The number of nitrogens with two attached hydrogens (primary N) is 1. The first-order valence-electron chi connectivity index (χ1n) is 6.57. The summed E-state index contributed by atoms with van der Waals surface area (Å²) < 4.78 is 10.8. The van der Waals surface area contributed by atoms with E-state index < -0.39 is 0 Å². The van der Waals surface area contributed by atoms with Crippen LogP contribution in [0.2, 0.25) is 0 Å². The zero-order valence-corrected chi connectivity index (χ0v) is 10.6. The van der Waals surface area contributed by atoms with Crippen LogP contribution in [0.3, 0.4) is 0 Å². The van der Waals surface area contributed by atoms with Crippen LogP contribution in [0.1, 0.15) is 18.4 Å². The molecule has 0 bridgehead atoms. The molecule has 2 aliphatic heterocycles. The van der Waals surface area contributed by atoms with Crippen LogP contribution < -0.4 is 15.8 Å². The summed E-state index contributed by atoms with van der Waals surface area (Å²) in [6, 6.07) is 5.95. The number of benzene rings is 1. The molecule has 5 heteroatoms. The first-order valence-corrected chi connectivity index (χ1v) is 6.57. The third-order valence-corrected chi connectivity index (χ3v) is 4.60. The highest BCUT2D eigenvalue weighted by Gasteiger charge is 2.61. The van der Waals surface area contributed by atoms with Gasteiger partial charge < -0.3 is 20.5 Å². The first kappa shape index (κ1) is 11.3. The molecule has 1 aromatic carbocycles. The van der Waals surface area contributed by atoms with Crippen molar-refractivity contribution in [3.63, 3.8) is 0 Å². The molecule has 0 unspecified atom stereocenters. The summed E-state index contributed by atoms with van der Waals surface area (Å²) in [6.07, 6.45) is 2.08. The topological polar surface area (TPSA) is 73.6 Å². The summed E-state index contributed by atoms with van der Waals surface area (Å²) in [7, 11) is 0. The van der Waals surface area contributed by atoms with E-state index in [1.165, 1.54) is 0 Å². The predicted octanol–water partition coefficient (Wildman–Crippen LogP) is 0.777. The van der Waals surface area contributed by atoms with Gasteiger partial charge in [0.25, 0.3) is 5.91 Å². The molecule has 1 aliphatic carbocycles. The minimum absolute atomic E-state index is 0.0847. The number of hydrogen-bond acceptors (Lipinski definition) is 4. The van der Waals surface area contributed by atoms with E-state index in [0.717, 1.165) is 29.8 Å². The van der Waals surface area contributed by atoms with Gasteiger partial charge in [0, 0.05) is 5.54 Å². The number of anilines is 1. The van der Waals surface area contributed by atoms with E-state index in [0.29, 0.717) is 13.2 Å². The maximum absolute atomic E-state index is 11.4. The molecular formula is C14H16N2O3. The van der Waals surface area contributed by atoms with Gasteiger partial charge in [-0.1, -0.05) is 6.07 Å². The maximum atomic E-state index is 11.4. The first-order chi connectivity index (χ1) is 9.13. The van der Waals surface area contributed by atoms with Gasteiger partial charge in [0.05, 0.1) is 24.3 Å². The molecular weight excluding hydrogens is 244 g/mol. The van der Waals surface area contributed by atoms with Gasteiger partial charge in [0.2, 0.25) is 0 Å². The highest BCUT2D eigenvalue weighted by atomic mass is 16.5. The Kier molecular flexibility index (Phi) is 2.07. The molecule has 3 N–H and O–H groups in total. The van der Waals surface area contributed by atoms with Gasteiger partial charge >= 0.3 is 0 Å². The Bertz CT molecular complexity index is 562. The van der Waals surface area contributed by atoms with Gasteiger partial charge in [-0.05, 0) is 30.5 Å². The van der Waals surface area contributed by atoms with Crippen LogP contribution in [0.4, 0.5) is 5.69 Å². The third-order valence-electron chi connectivity index (χ3n) is 4.60. The summed E-state index contributed by atoms with van der Waals surface area (Å²) in [5.41, 5.74) is 8.07. The molecule has 100 valence electrons. The average molecular weight is 260 g/mol. The van der Waals surface area contributed by atoms with E-state index in [2.05, 4.69) is 5.32 Å². The number of rotatable bonds is 2. The number of nitrogens with one attached hydrogen (secondary N) is 1. The van der Waals surface area contributed by atoms with E-state index in [1.807, 2.05) is 18.2 Å². The van der Waals surface area contributed by atoms with Gasteiger partial charge in [-0.2, -0.15) is 0 Å². The van der Waals surface area contributed by atoms with E-state index >= 15 is 0 Å². The second-order valence-corrected chi connectivity index (χ2v) is 5.78. The Morgan fingerprint density at radius 1 is 1.26 bits per heavy atom. The molecule has 2 heterocycles. The zero-order chi connectivity index (χ0) is 13.1. The zero-order valence-electron chi connectivity index (χ0n) is 10.6. The number of ether oxygens (including phenoxy) is 2. The highest BCUT2D eigenvalue weighted by Crippen LogP contribution is 2.54. The molecule has 0 atom stereocenters. The van der Waals surface area contributed by atoms with Crippen LogP contribution in [0.25, 0.3) is 0 Å². The number of carbonyl (C=O) groups excluding carboxylic acids is 1. The normalized spacial score (nSPS) is 25.6. The number of hydrogen-bond donors (Lipinski definition) is 2. The quantitative estimate of drug-likeness (QED) is 0.824. The van der Waals surface area contributed by atoms with Crippen molar-refractivity contribution < 1.29 is 14.3 Å². The maximum Gasteiger partial charge on any atom is 0.262 e. The van der Waals surface area contributed by atoms with E-state index in [4.69, 9.17) is 15.2 Å². The van der Waals surface area contributed by atoms with Crippen molar-refractivity contribution in [3.05, 3.63) is 23.8 Å². The SMILES string of the molecule is NC1(C2(c3ccc4c(c3)NC(=O)CO4)COC2)CC1. The summed E-state index contributed by atoms with van der Waals surface area (Å²) in [5.74, 6) is 0.609. The van der Waals surface area contributed by atoms with Gasteiger partial charge in [0.1, 0.15) is 5.75 Å². The average Bonchev–Trinajstić information content (AvgIpc) is 3.06. The van der Waals surface area contributed by atoms with Crippen LogP contribution in [0.15, 0.2) is 18.2 Å². The Labute approximate surface area is 111 Å². The summed E-state index contributed by atoms with van der Waals surface area (Å²) >= 11 is 0.